The van der Waals surface area contributed by atoms with Crippen LogP contribution in [0.3, 0.4) is 0 Å². The molecule has 1 fully saturated rings. The molecule has 0 spiro atoms. The van der Waals surface area contributed by atoms with Crippen LogP contribution in [0.5, 0.6) is 5.75 Å². The molecule has 1 amide bonds. The number of hydrogen-bond donors (Lipinski definition) is 1. The van der Waals surface area contributed by atoms with Crippen LogP contribution in [0.25, 0.3) is 0 Å². The molecule has 1 saturated heterocycles. The Labute approximate surface area is 145 Å². The van der Waals surface area contributed by atoms with Gasteiger partial charge >= 0.3 is 0 Å². The van der Waals surface area contributed by atoms with Crippen LogP contribution in [0.2, 0.25) is 0 Å². The van der Waals surface area contributed by atoms with Gasteiger partial charge in [-0.15, -0.1) is 0 Å². The van der Waals surface area contributed by atoms with E-state index in [0.717, 1.165) is 12.1 Å². The molecule has 132 valence electrons. The number of sulfonamides is 1. The molecule has 1 heterocycles. The third kappa shape index (κ3) is 3.64. The smallest absolute Gasteiger partial charge is 0.245 e. The van der Waals surface area contributed by atoms with Gasteiger partial charge in [-0.05, 0) is 55.0 Å². The first-order valence-electron chi connectivity index (χ1n) is 7.64. The molecular weight excluding hydrogens is 347 g/mol. The molecule has 1 aliphatic rings. The van der Waals surface area contributed by atoms with Gasteiger partial charge < -0.3 is 9.64 Å². The summed E-state index contributed by atoms with van der Waals surface area (Å²) in [6.45, 7) is 0.405. The van der Waals surface area contributed by atoms with E-state index in [9.17, 15) is 17.6 Å². The summed E-state index contributed by atoms with van der Waals surface area (Å²) in [5.41, 5.74) is 0.675. The Bertz CT molecular complexity index is 867. The molecule has 6 nitrogen and oxygen atoms in total. The average molecular weight is 364 g/mol. The van der Waals surface area contributed by atoms with Gasteiger partial charge in [0, 0.05) is 12.2 Å². The summed E-state index contributed by atoms with van der Waals surface area (Å²) in [6.07, 6.45) is 0.352. The van der Waals surface area contributed by atoms with Crippen molar-refractivity contribution in [1.82, 2.24) is 4.72 Å². The van der Waals surface area contributed by atoms with E-state index in [1.54, 1.807) is 31.4 Å². The van der Waals surface area contributed by atoms with Crippen LogP contribution in [0, 0.1) is 5.82 Å². The first-order chi connectivity index (χ1) is 11.9. The van der Waals surface area contributed by atoms with E-state index in [0.29, 0.717) is 24.4 Å². The van der Waals surface area contributed by atoms with Crippen LogP contribution in [0.4, 0.5) is 10.1 Å². The van der Waals surface area contributed by atoms with Crippen molar-refractivity contribution in [3.63, 3.8) is 0 Å². The molecule has 0 bridgehead atoms. The summed E-state index contributed by atoms with van der Waals surface area (Å²) < 4.78 is 45.1. The van der Waals surface area contributed by atoms with E-state index in [4.69, 9.17) is 4.74 Å². The Morgan fingerprint density at radius 1 is 1.12 bits per heavy atom. The van der Waals surface area contributed by atoms with Crippen molar-refractivity contribution >= 4 is 21.6 Å². The molecule has 1 N–H and O–H groups in total. The van der Waals surface area contributed by atoms with E-state index in [1.807, 2.05) is 0 Å². The minimum atomic E-state index is -3.89. The van der Waals surface area contributed by atoms with Crippen LogP contribution in [0.15, 0.2) is 53.4 Å². The lowest BCUT2D eigenvalue weighted by Gasteiger charge is -2.17. The SMILES string of the molecule is COc1ccc(N2CCC(NS(=O)(=O)c3ccc(F)cc3)C2=O)cc1. The molecule has 1 unspecified atom stereocenters. The molecule has 3 rings (SSSR count). The van der Waals surface area contributed by atoms with E-state index < -0.39 is 21.9 Å². The number of benzene rings is 2. The van der Waals surface area contributed by atoms with Crippen molar-refractivity contribution in [2.75, 3.05) is 18.6 Å². The van der Waals surface area contributed by atoms with Crippen LogP contribution >= 0.6 is 0 Å². The Morgan fingerprint density at radius 3 is 2.36 bits per heavy atom. The van der Waals surface area contributed by atoms with E-state index in [-0.39, 0.29) is 10.8 Å². The molecule has 0 aromatic heterocycles. The highest BCUT2D eigenvalue weighted by molar-refractivity contribution is 7.89. The number of nitrogens with one attached hydrogen (secondary N) is 1. The number of halogens is 1. The fourth-order valence-electron chi connectivity index (χ4n) is 2.68. The number of amides is 1. The number of rotatable bonds is 5. The Kier molecular flexibility index (Phi) is 4.73. The molecule has 0 aliphatic carbocycles. The molecule has 8 heteroatoms. The predicted octanol–water partition coefficient (Wildman–Crippen LogP) is 1.92. The maximum absolute atomic E-state index is 12.9. The maximum Gasteiger partial charge on any atom is 0.245 e. The van der Waals surface area contributed by atoms with Crippen LogP contribution < -0.4 is 14.4 Å². The second kappa shape index (κ2) is 6.81. The van der Waals surface area contributed by atoms with Gasteiger partial charge in [0.1, 0.15) is 17.6 Å². The van der Waals surface area contributed by atoms with E-state index in [1.165, 1.54) is 17.0 Å². The average Bonchev–Trinajstić information content (AvgIpc) is 2.95. The van der Waals surface area contributed by atoms with Crippen molar-refractivity contribution in [3.8, 4) is 5.75 Å². The van der Waals surface area contributed by atoms with E-state index >= 15 is 0 Å². The summed E-state index contributed by atoms with van der Waals surface area (Å²) in [5, 5.41) is 0. The minimum absolute atomic E-state index is 0.0791. The minimum Gasteiger partial charge on any atom is -0.497 e. The quantitative estimate of drug-likeness (QED) is 0.880. The molecule has 2 aromatic carbocycles. The number of hydrogen-bond acceptors (Lipinski definition) is 4. The van der Waals surface area contributed by atoms with Gasteiger partial charge in [0.15, 0.2) is 0 Å². The number of nitrogens with zero attached hydrogens (tertiary/aromatic N) is 1. The zero-order valence-corrected chi connectivity index (χ0v) is 14.3. The summed E-state index contributed by atoms with van der Waals surface area (Å²) in [4.78, 5) is 14.0. The lowest BCUT2D eigenvalue weighted by atomic mass is 10.2. The lowest BCUT2D eigenvalue weighted by molar-refractivity contribution is -0.118. The number of carbonyl (C=O) groups excluding carboxylic acids is 1. The molecule has 1 aliphatic heterocycles. The highest BCUT2D eigenvalue weighted by atomic mass is 32.2. The van der Waals surface area contributed by atoms with Gasteiger partial charge in [0.2, 0.25) is 15.9 Å². The second-order valence-corrected chi connectivity index (χ2v) is 7.32. The third-order valence-electron chi connectivity index (χ3n) is 4.01. The summed E-state index contributed by atoms with van der Waals surface area (Å²) in [5.74, 6) is -0.179. The van der Waals surface area contributed by atoms with Crippen molar-refractivity contribution in [1.29, 1.82) is 0 Å². The first kappa shape index (κ1) is 17.4. The molecule has 0 radical (unpaired) electrons. The van der Waals surface area contributed by atoms with Gasteiger partial charge in [-0.1, -0.05) is 0 Å². The standard InChI is InChI=1S/C17H17FN2O4S/c1-24-14-6-4-13(5-7-14)20-11-10-16(17(20)21)19-25(22,23)15-8-2-12(18)3-9-15/h2-9,16,19H,10-11H2,1H3. The van der Waals surface area contributed by atoms with Gasteiger partial charge in [-0.25, -0.2) is 12.8 Å². The zero-order valence-electron chi connectivity index (χ0n) is 13.5. The molecule has 0 saturated carbocycles. The predicted molar refractivity (Wildman–Crippen MR) is 90.5 cm³/mol. The highest BCUT2D eigenvalue weighted by Gasteiger charge is 2.35. The van der Waals surface area contributed by atoms with Crippen LogP contribution in [-0.2, 0) is 14.8 Å². The molecular formula is C17H17FN2O4S. The number of ether oxygens (including phenoxy) is 1. The second-order valence-electron chi connectivity index (χ2n) is 5.60. The fraction of sp³-hybridized carbons (Fsp3) is 0.235. The van der Waals surface area contributed by atoms with Gasteiger partial charge in [-0.2, -0.15) is 4.72 Å². The van der Waals surface area contributed by atoms with Gasteiger partial charge in [0.25, 0.3) is 0 Å². The van der Waals surface area contributed by atoms with Gasteiger partial charge in [-0.3, -0.25) is 4.79 Å². The van der Waals surface area contributed by atoms with Crippen molar-refractivity contribution in [2.24, 2.45) is 0 Å². The Morgan fingerprint density at radius 2 is 1.76 bits per heavy atom. The number of carbonyl (C=O) groups is 1. The largest absolute Gasteiger partial charge is 0.497 e. The summed E-state index contributed by atoms with van der Waals surface area (Å²) in [7, 11) is -2.34. The molecule has 25 heavy (non-hydrogen) atoms. The molecule has 2 aromatic rings. The number of anilines is 1. The summed E-state index contributed by atoms with van der Waals surface area (Å²) in [6, 6.07) is 10.6. The lowest BCUT2D eigenvalue weighted by Crippen LogP contribution is -2.41. The van der Waals surface area contributed by atoms with Crippen LogP contribution in [0.1, 0.15) is 6.42 Å². The van der Waals surface area contributed by atoms with Crippen molar-refractivity contribution < 1.29 is 22.3 Å². The van der Waals surface area contributed by atoms with Crippen LogP contribution in [-0.4, -0.2) is 34.0 Å². The Balaban J connectivity index is 1.74. The monoisotopic (exact) mass is 364 g/mol. The number of methoxy groups -OCH3 is 1. The Hall–Kier alpha value is -2.45. The van der Waals surface area contributed by atoms with Crippen molar-refractivity contribution in [2.45, 2.75) is 17.4 Å². The maximum atomic E-state index is 12.9. The normalized spacial score (nSPS) is 17.8. The highest BCUT2D eigenvalue weighted by Crippen LogP contribution is 2.25. The van der Waals surface area contributed by atoms with E-state index in [2.05, 4.69) is 4.72 Å². The van der Waals surface area contributed by atoms with Crippen molar-refractivity contribution in [3.05, 3.63) is 54.3 Å². The zero-order chi connectivity index (χ0) is 18.0. The topological polar surface area (TPSA) is 75.7 Å². The molecule has 1 atom stereocenters. The fourth-order valence-corrected chi connectivity index (χ4v) is 3.90. The summed E-state index contributed by atoms with van der Waals surface area (Å²) >= 11 is 0. The first-order valence-corrected chi connectivity index (χ1v) is 9.12. The third-order valence-corrected chi connectivity index (χ3v) is 5.50. The van der Waals surface area contributed by atoms with Gasteiger partial charge in [0.05, 0.1) is 12.0 Å².